The maximum absolute atomic E-state index is 12.4. The summed E-state index contributed by atoms with van der Waals surface area (Å²) in [6.45, 7) is 1.55. The number of pyridine rings is 1. The molecule has 0 saturated carbocycles. The third-order valence-electron chi connectivity index (χ3n) is 2.59. The Labute approximate surface area is 122 Å². The minimum absolute atomic E-state index is 0.0395. The number of aliphatic hydroxyl groups is 1. The summed E-state index contributed by atoms with van der Waals surface area (Å²) in [6.07, 6.45) is -3.28. The van der Waals surface area contributed by atoms with Crippen molar-refractivity contribution in [2.24, 2.45) is 0 Å². The van der Waals surface area contributed by atoms with E-state index in [2.05, 4.69) is 20.6 Å². The quantitative estimate of drug-likeness (QED) is 0.870. The van der Waals surface area contributed by atoms with Gasteiger partial charge in [-0.15, -0.1) is 5.10 Å². The van der Waals surface area contributed by atoms with Crippen LogP contribution in [-0.4, -0.2) is 43.6 Å². The van der Waals surface area contributed by atoms with Gasteiger partial charge >= 0.3 is 6.18 Å². The van der Waals surface area contributed by atoms with Crippen LogP contribution in [0.3, 0.4) is 0 Å². The lowest BCUT2D eigenvalue weighted by molar-refractivity contribution is -0.137. The predicted molar refractivity (Wildman–Crippen MR) is 68.2 cm³/mol. The third-order valence-corrected chi connectivity index (χ3v) is 2.59. The van der Waals surface area contributed by atoms with E-state index in [1.54, 1.807) is 0 Å². The number of aromatic nitrogens is 4. The summed E-state index contributed by atoms with van der Waals surface area (Å²) in [4.78, 5) is 15.3. The number of halogens is 3. The van der Waals surface area contributed by atoms with Gasteiger partial charge in [0.2, 0.25) is 0 Å². The van der Waals surface area contributed by atoms with Crippen LogP contribution in [0, 0.1) is 0 Å². The zero-order valence-electron chi connectivity index (χ0n) is 11.4. The van der Waals surface area contributed by atoms with E-state index in [1.807, 2.05) is 0 Å². The van der Waals surface area contributed by atoms with Gasteiger partial charge < -0.3 is 10.4 Å². The Balaban J connectivity index is 2.13. The highest BCUT2D eigenvalue weighted by Crippen LogP contribution is 2.28. The first-order valence-corrected chi connectivity index (χ1v) is 6.19. The minimum atomic E-state index is -4.47. The molecule has 0 aliphatic rings. The molecule has 1 amide bonds. The highest BCUT2D eigenvalue weighted by atomic mass is 19.4. The molecule has 0 saturated heterocycles. The SMILES string of the molecule is CC(O)CNC(=O)c1cn(-c2ccc(C(F)(F)F)cn2)nn1. The topological polar surface area (TPSA) is 92.9 Å². The van der Waals surface area contributed by atoms with Crippen molar-refractivity contribution in [2.45, 2.75) is 19.2 Å². The molecular formula is C12H12F3N5O2. The molecule has 2 aromatic rings. The van der Waals surface area contributed by atoms with Gasteiger partial charge in [-0.2, -0.15) is 13.2 Å². The molecule has 0 aliphatic heterocycles. The average molecular weight is 315 g/mol. The number of aliphatic hydroxyl groups excluding tert-OH is 1. The molecule has 1 unspecified atom stereocenters. The second-order valence-electron chi connectivity index (χ2n) is 4.51. The van der Waals surface area contributed by atoms with Gasteiger partial charge in [0.25, 0.3) is 5.91 Å². The summed E-state index contributed by atoms with van der Waals surface area (Å²) in [6, 6.07) is 1.98. The summed E-state index contributed by atoms with van der Waals surface area (Å²) >= 11 is 0. The number of carbonyl (C=O) groups is 1. The van der Waals surface area contributed by atoms with Gasteiger partial charge in [0.05, 0.1) is 17.9 Å². The van der Waals surface area contributed by atoms with Crippen LogP contribution in [0.15, 0.2) is 24.5 Å². The van der Waals surface area contributed by atoms with Gasteiger partial charge in [0.1, 0.15) is 0 Å². The van der Waals surface area contributed by atoms with Crippen LogP contribution in [0.4, 0.5) is 13.2 Å². The van der Waals surface area contributed by atoms with Crippen molar-refractivity contribution in [3.05, 3.63) is 35.8 Å². The highest BCUT2D eigenvalue weighted by Gasteiger charge is 2.30. The molecule has 118 valence electrons. The van der Waals surface area contributed by atoms with Crippen LogP contribution in [0.25, 0.3) is 5.82 Å². The molecule has 0 bridgehead atoms. The molecule has 2 heterocycles. The molecule has 0 aromatic carbocycles. The fourth-order valence-electron chi connectivity index (χ4n) is 1.50. The molecule has 22 heavy (non-hydrogen) atoms. The molecule has 10 heteroatoms. The number of hydrogen-bond acceptors (Lipinski definition) is 5. The van der Waals surface area contributed by atoms with Crippen molar-refractivity contribution in [1.82, 2.24) is 25.3 Å². The first-order chi connectivity index (χ1) is 10.3. The molecular weight excluding hydrogens is 303 g/mol. The van der Waals surface area contributed by atoms with Crippen molar-refractivity contribution in [3.8, 4) is 5.82 Å². The molecule has 0 radical (unpaired) electrons. The second kappa shape index (κ2) is 6.10. The van der Waals surface area contributed by atoms with E-state index in [-0.39, 0.29) is 18.1 Å². The Bertz CT molecular complexity index is 652. The van der Waals surface area contributed by atoms with Gasteiger partial charge in [-0.1, -0.05) is 5.21 Å². The summed E-state index contributed by atoms with van der Waals surface area (Å²) in [5.74, 6) is -0.464. The number of alkyl halides is 3. The number of rotatable bonds is 4. The Kier molecular flexibility index (Phi) is 4.40. The molecule has 7 nitrogen and oxygen atoms in total. The molecule has 0 fully saturated rings. The normalized spacial score (nSPS) is 13.0. The Morgan fingerprint density at radius 1 is 1.45 bits per heavy atom. The van der Waals surface area contributed by atoms with Crippen LogP contribution in [0.5, 0.6) is 0 Å². The maximum atomic E-state index is 12.4. The Hall–Kier alpha value is -2.49. The lowest BCUT2D eigenvalue weighted by atomic mass is 10.3. The van der Waals surface area contributed by atoms with Gasteiger partial charge in [0.15, 0.2) is 11.5 Å². The summed E-state index contributed by atoms with van der Waals surface area (Å²) in [7, 11) is 0. The van der Waals surface area contributed by atoms with Crippen molar-refractivity contribution >= 4 is 5.91 Å². The zero-order chi connectivity index (χ0) is 16.3. The van der Waals surface area contributed by atoms with E-state index >= 15 is 0 Å². The zero-order valence-corrected chi connectivity index (χ0v) is 11.4. The fraction of sp³-hybridized carbons (Fsp3) is 0.333. The maximum Gasteiger partial charge on any atom is 0.417 e. The van der Waals surface area contributed by atoms with E-state index in [1.165, 1.54) is 13.1 Å². The molecule has 2 aromatic heterocycles. The van der Waals surface area contributed by atoms with Crippen LogP contribution in [-0.2, 0) is 6.18 Å². The van der Waals surface area contributed by atoms with Gasteiger partial charge in [-0.05, 0) is 19.1 Å². The van der Waals surface area contributed by atoms with Crippen molar-refractivity contribution in [2.75, 3.05) is 6.54 Å². The van der Waals surface area contributed by atoms with Crippen LogP contribution in [0.1, 0.15) is 23.0 Å². The summed E-state index contributed by atoms with van der Waals surface area (Å²) < 4.78 is 38.4. The van der Waals surface area contributed by atoms with Crippen molar-refractivity contribution in [1.29, 1.82) is 0 Å². The first kappa shape index (κ1) is 15.9. The van der Waals surface area contributed by atoms with Gasteiger partial charge in [-0.25, -0.2) is 9.67 Å². The lowest BCUT2D eigenvalue weighted by Crippen LogP contribution is -2.30. The standard InChI is InChI=1S/C12H12F3N5O2/c1-7(21)4-17-11(22)9-6-20(19-18-9)10-3-2-8(5-16-10)12(13,14)15/h2-3,5-7,21H,4H2,1H3,(H,17,22). The molecule has 2 N–H and O–H groups in total. The van der Waals surface area contributed by atoms with Crippen LogP contribution < -0.4 is 5.32 Å². The minimum Gasteiger partial charge on any atom is -0.392 e. The Morgan fingerprint density at radius 3 is 2.73 bits per heavy atom. The van der Waals surface area contributed by atoms with E-state index in [9.17, 15) is 18.0 Å². The van der Waals surface area contributed by atoms with E-state index in [4.69, 9.17) is 5.11 Å². The fourth-order valence-corrected chi connectivity index (χ4v) is 1.50. The smallest absolute Gasteiger partial charge is 0.392 e. The molecule has 0 aliphatic carbocycles. The molecule has 2 rings (SSSR count). The van der Waals surface area contributed by atoms with E-state index in [0.717, 1.165) is 16.8 Å². The number of nitrogens with zero attached hydrogens (tertiary/aromatic N) is 4. The Morgan fingerprint density at radius 2 is 2.18 bits per heavy atom. The molecule has 0 spiro atoms. The van der Waals surface area contributed by atoms with Crippen LogP contribution >= 0.6 is 0 Å². The third kappa shape index (κ3) is 3.79. The second-order valence-corrected chi connectivity index (χ2v) is 4.51. The molecule has 1 atom stereocenters. The highest BCUT2D eigenvalue weighted by molar-refractivity contribution is 5.91. The van der Waals surface area contributed by atoms with Crippen molar-refractivity contribution < 1.29 is 23.1 Å². The van der Waals surface area contributed by atoms with Crippen LogP contribution in [0.2, 0.25) is 0 Å². The summed E-state index contributed by atoms with van der Waals surface area (Å²) in [5.41, 5.74) is -0.923. The predicted octanol–water partition coefficient (Wildman–Crippen LogP) is 0.792. The largest absolute Gasteiger partial charge is 0.417 e. The van der Waals surface area contributed by atoms with E-state index in [0.29, 0.717) is 6.20 Å². The average Bonchev–Trinajstić information content (AvgIpc) is 2.93. The number of amides is 1. The first-order valence-electron chi connectivity index (χ1n) is 6.19. The van der Waals surface area contributed by atoms with Crippen molar-refractivity contribution in [3.63, 3.8) is 0 Å². The van der Waals surface area contributed by atoms with E-state index < -0.39 is 23.8 Å². The van der Waals surface area contributed by atoms with Gasteiger partial charge in [0, 0.05) is 12.7 Å². The monoisotopic (exact) mass is 315 g/mol. The summed E-state index contributed by atoms with van der Waals surface area (Å²) in [5, 5.41) is 18.7. The van der Waals surface area contributed by atoms with Gasteiger partial charge in [-0.3, -0.25) is 4.79 Å². The lowest BCUT2D eigenvalue weighted by Gasteiger charge is -2.06. The number of carbonyl (C=O) groups excluding carboxylic acids is 1. The number of hydrogen-bond donors (Lipinski definition) is 2. The number of nitrogens with one attached hydrogen (secondary N) is 1.